The lowest BCUT2D eigenvalue weighted by molar-refractivity contribution is -0.625. The lowest BCUT2D eigenvalue weighted by Gasteiger charge is -2.06. The molecule has 0 spiro atoms. The molecule has 0 aliphatic carbocycles. The number of aryl methyl sites for hydroxylation is 1. The Kier molecular flexibility index (Phi) is 8.73. The molecule has 0 fully saturated rings. The van der Waals surface area contributed by atoms with Crippen LogP contribution in [0.4, 0.5) is 0 Å². The van der Waals surface area contributed by atoms with Crippen molar-refractivity contribution in [3.63, 3.8) is 0 Å². The highest BCUT2D eigenvalue weighted by Crippen LogP contribution is 2.23. The molecule has 0 saturated carbocycles. The van der Waals surface area contributed by atoms with E-state index in [9.17, 15) is 9.59 Å². The normalized spacial score (nSPS) is 10.9. The Morgan fingerprint density at radius 2 is 1.84 bits per heavy atom. The molecule has 0 unspecified atom stereocenters. The molecule has 3 aromatic carbocycles. The van der Waals surface area contributed by atoms with Gasteiger partial charge in [-0.15, -0.1) is 5.10 Å². The van der Waals surface area contributed by atoms with Crippen LogP contribution in [0.2, 0.25) is 0 Å². The van der Waals surface area contributed by atoms with Gasteiger partial charge in [0.15, 0.2) is 6.61 Å². The van der Waals surface area contributed by atoms with Crippen molar-refractivity contribution >= 4 is 29.9 Å². The summed E-state index contributed by atoms with van der Waals surface area (Å²) in [6.07, 6.45) is 1.41. The van der Waals surface area contributed by atoms with Gasteiger partial charge >= 0.3 is 11.1 Å². The smallest absolute Gasteiger partial charge is 0.342 e. The Balaban J connectivity index is 1.47. The Bertz CT molecular complexity index is 1440. The fourth-order valence-corrected chi connectivity index (χ4v) is 4.22. The van der Waals surface area contributed by atoms with Gasteiger partial charge < -0.3 is 14.6 Å². The largest absolute Gasteiger partial charge is 0.497 e. The summed E-state index contributed by atoms with van der Waals surface area (Å²) in [4.78, 5) is 23.3. The van der Waals surface area contributed by atoms with Gasteiger partial charge in [0.25, 0.3) is 11.7 Å². The summed E-state index contributed by atoms with van der Waals surface area (Å²) in [6.45, 7) is 1.54. The predicted molar refractivity (Wildman–Crippen MR) is 143 cm³/mol. The first kappa shape index (κ1) is 26.4. The molecule has 3 N–H and O–H groups in total. The number of amides is 1. The number of aromatic amines is 1. The molecule has 1 aromatic heterocycles. The summed E-state index contributed by atoms with van der Waals surface area (Å²) in [5.74, 6) is 0.503. The number of carboxylic acids is 1. The number of hydrogen-bond donors (Lipinski definition) is 3. The van der Waals surface area contributed by atoms with Gasteiger partial charge in [-0.2, -0.15) is 9.67 Å². The van der Waals surface area contributed by atoms with Crippen molar-refractivity contribution in [3.05, 3.63) is 83.9 Å². The van der Waals surface area contributed by atoms with Crippen molar-refractivity contribution in [2.45, 2.75) is 12.1 Å². The minimum atomic E-state index is -1.08. The number of hydrazone groups is 1. The highest BCUT2D eigenvalue weighted by molar-refractivity contribution is 7.99. The summed E-state index contributed by atoms with van der Waals surface area (Å²) in [5.41, 5.74) is 5.96. The number of carboxylic acid groups (broad SMARTS) is 1. The zero-order valence-electron chi connectivity index (χ0n) is 20.7. The average Bonchev–Trinajstić information content (AvgIpc) is 3.35. The van der Waals surface area contributed by atoms with Crippen LogP contribution in [0.1, 0.15) is 11.1 Å². The second-order valence-electron chi connectivity index (χ2n) is 8.06. The number of carbonyl (C=O) groups excluding carboxylic acids is 1. The number of H-pyrrole nitrogens is 1. The van der Waals surface area contributed by atoms with Crippen molar-refractivity contribution < 1.29 is 28.7 Å². The molecule has 4 rings (SSSR count). The summed E-state index contributed by atoms with van der Waals surface area (Å²) in [6, 6.07) is 22.5. The molecule has 4 aromatic rings. The molecule has 0 aliphatic heterocycles. The third kappa shape index (κ3) is 6.77. The standard InChI is InChI=1S/C27H25N5O5S/c1-18-7-11-21(12-8-18)32-26(19-9-13-22(36-2)14-10-19)30-31-27(32)38-17-24(33)29-28-15-20-5-3-4-6-23(20)37-16-25(34)35/h3-15H,16-17H2,1-2H3,(H2,29,33,34,35)/p+1. The van der Waals surface area contributed by atoms with E-state index >= 15 is 0 Å². The monoisotopic (exact) mass is 532 g/mol. The van der Waals surface area contributed by atoms with Crippen LogP contribution in [0.25, 0.3) is 17.1 Å². The Morgan fingerprint density at radius 3 is 2.55 bits per heavy atom. The fraction of sp³-hybridized carbons (Fsp3) is 0.148. The van der Waals surface area contributed by atoms with Gasteiger partial charge in [-0.25, -0.2) is 10.2 Å². The van der Waals surface area contributed by atoms with Crippen LogP contribution in [0.3, 0.4) is 0 Å². The van der Waals surface area contributed by atoms with Gasteiger partial charge in [-0.3, -0.25) is 4.79 Å². The number of aliphatic carboxylic acids is 1. The minimum Gasteiger partial charge on any atom is -0.497 e. The van der Waals surface area contributed by atoms with Crippen LogP contribution in [0, 0.1) is 6.92 Å². The quantitative estimate of drug-likeness (QED) is 0.117. The highest BCUT2D eigenvalue weighted by atomic mass is 32.2. The minimum absolute atomic E-state index is 0.0628. The number of nitrogens with one attached hydrogen (secondary N) is 2. The maximum atomic E-state index is 12.5. The van der Waals surface area contributed by atoms with Crippen LogP contribution >= 0.6 is 11.8 Å². The number of thioether (sulfide) groups is 1. The number of rotatable bonds is 11. The van der Waals surface area contributed by atoms with E-state index in [4.69, 9.17) is 14.6 Å². The first-order valence-corrected chi connectivity index (χ1v) is 12.5. The maximum absolute atomic E-state index is 12.5. The molecule has 0 radical (unpaired) electrons. The first-order chi connectivity index (χ1) is 18.4. The fourth-order valence-electron chi connectivity index (χ4n) is 3.46. The molecule has 11 heteroatoms. The lowest BCUT2D eigenvalue weighted by atomic mass is 10.2. The number of para-hydroxylation sites is 1. The summed E-state index contributed by atoms with van der Waals surface area (Å²) < 4.78 is 12.5. The molecule has 0 bridgehead atoms. The molecule has 0 atom stereocenters. The molecular weight excluding hydrogens is 506 g/mol. The van der Waals surface area contributed by atoms with Crippen molar-refractivity contribution in [1.82, 2.24) is 15.6 Å². The molecule has 0 saturated heterocycles. The van der Waals surface area contributed by atoms with Crippen molar-refractivity contribution in [2.24, 2.45) is 5.10 Å². The third-order valence-electron chi connectivity index (χ3n) is 5.32. The lowest BCUT2D eigenvalue weighted by Crippen LogP contribution is -2.34. The highest BCUT2D eigenvalue weighted by Gasteiger charge is 2.24. The van der Waals surface area contributed by atoms with E-state index in [1.165, 1.54) is 18.0 Å². The van der Waals surface area contributed by atoms with Crippen LogP contribution in [0.15, 0.2) is 83.1 Å². The number of aromatic nitrogens is 3. The van der Waals surface area contributed by atoms with Gasteiger partial charge in [0.05, 0.1) is 29.7 Å². The van der Waals surface area contributed by atoms with E-state index in [1.807, 2.05) is 60.0 Å². The summed E-state index contributed by atoms with van der Waals surface area (Å²) in [5, 5.41) is 21.0. The van der Waals surface area contributed by atoms with Gasteiger partial charge in [0.2, 0.25) is 0 Å². The van der Waals surface area contributed by atoms with Gasteiger partial charge in [0, 0.05) is 5.56 Å². The molecule has 194 valence electrons. The first-order valence-electron chi connectivity index (χ1n) is 11.5. The second kappa shape index (κ2) is 12.5. The van der Waals surface area contributed by atoms with E-state index in [2.05, 4.69) is 20.7 Å². The van der Waals surface area contributed by atoms with Crippen molar-refractivity contribution in [3.8, 4) is 28.6 Å². The number of ether oxygens (including phenoxy) is 2. The number of methoxy groups -OCH3 is 1. The maximum Gasteiger partial charge on any atom is 0.342 e. The number of benzene rings is 3. The SMILES string of the molecule is COc1ccc(-c2[nH]nc(SCC(=O)NN=Cc3ccccc3OCC(=O)O)[n+]2-c2ccc(C)cc2)cc1. The van der Waals surface area contributed by atoms with E-state index in [-0.39, 0.29) is 11.7 Å². The Labute approximate surface area is 223 Å². The second-order valence-corrected chi connectivity index (χ2v) is 9.00. The molecular formula is C27H26N5O5S+. The van der Waals surface area contributed by atoms with Gasteiger partial charge in [0.1, 0.15) is 17.2 Å². The third-order valence-corrected chi connectivity index (χ3v) is 6.26. The van der Waals surface area contributed by atoms with E-state index in [1.54, 1.807) is 31.4 Å². The average molecular weight is 533 g/mol. The van der Waals surface area contributed by atoms with Gasteiger partial charge in [-0.05, 0) is 67.2 Å². The predicted octanol–water partition coefficient (Wildman–Crippen LogP) is 3.38. The molecule has 10 nitrogen and oxygen atoms in total. The van der Waals surface area contributed by atoms with E-state index < -0.39 is 12.6 Å². The van der Waals surface area contributed by atoms with E-state index in [0.717, 1.165) is 28.4 Å². The van der Waals surface area contributed by atoms with E-state index in [0.29, 0.717) is 16.5 Å². The van der Waals surface area contributed by atoms with Crippen molar-refractivity contribution in [2.75, 3.05) is 19.5 Å². The van der Waals surface area contributed by atoms with Crippen LogP contribution < -0.4 is 19.5 Å². The van der Waals surface area contributed by atoms with Gasteiger partial charge in [-0.1, -0.05) is 29.8 Å². The zero-order valence-corrected chi connectivity index (χ0v) is 21.6. The number of carbonyl (C=O) groups is 2. The molecule has 38 heavy (non-hydrogen) atoms. The Hall–Kier alpha value is -4.64. The number of nitrogens with zero attached hydrogens (tertiary/aromatic N) is 3. The van der Waals surface area contributed by atoms with Crippen molar-refractivity contribution in [1.29, 1.82) is 0 Å². The zero-order chi connectivity index (χ0) is 26.9. The summed E-state index contributed by atoms with van der Waals surface area (Å²) >= 11 is 1.26. The Morgan fingerprint density at radius 1 is 1.11 bits per heavy atom. The topological polar surface area (TPSA) is 130 Å². The molecule has 1 heterocycles. The molecule has 1 amide bonds. The van der Waals surface area contributed by atoms with Crippen LogP contribution in [0.5, 0.6) is 11.5 Å². The molecule has 0 aliphatic rings. The van der Waals surface area contributed by atoms with Crippen LogP contribution in [-0.4, -0.2) is 52.9 Å². The van der Waals surface area contributed by atoms with Crippen LogP contribution in [-0.2, 0) is 9.59 Å². The summed E-state index contributed by atoms with van der Waals surface area (Å²) in [7, 11) is 1.62. The number of hydrogen-bond acceptors (Lipinski definition) is 7.